The Labute approximate surface area is 126 Å². The zero-order chi connectivity index (χ0) is 15.7. The second-order valence-electron chi connectivity index (χ2n) is 5.65. The fourth-order valence-electron chi connectivity index (χ4n) is 2.66. The van der Waals surface area contributed by atoms with E-state index in [1.165, 1.54) is 0 Å². The summed E-state index contributed by atoms with van der Waals surface area (Å²) in [5.41, 5.74) is 6.95. The Morgan fingerprint density at radius 2 is 1.43 bits per heavy atom. The zero-order valence-corrected chi connectivity index (χ0v) is 13.6. The van der Waals surface area contributed by atoms with Crippen LogP contribution in [0.2, 0.25) is 0 Å². The summed E-state index contributed by atoms with van der Waals surface area (Å²) in [6.07, 6.45) is 0. The highest BCUT2D eigenvalue weighted by Crippen LogP contribution is 2.26. The minimum Gasteiger partial charge on any atom is -0.496 e. The molecule has 0 aromatic heterocycles. The van der Waals surface area contributed by atoms with Gasteiger partial charge in [-0.15, -0.1) is 0 Å². The largest absolute Gasteiger partial charge is 0.496 e. The number of ether oxygens (including phenoxy) is 1. The predicted octanol–water partition coefficient (Wildman–Crippen LogP) is 4.47. The lowest BCUT2D eigenvalue weighted by atomic mass is 9.89. The Hall–Kier alpha value is -2.09. The molecular weight excluding hydrogens is 260 g/mol. The maximum atomic E-state index is 12.9. The lowest BCUT2D eigenvalue weighted by Gasteiger charge is -2.15. The molecule has 21 heavy (non-hydrogen) atoms. The van der Waals surface area contributed by atoms with Crippen molar-refractivity contribution in [1.29, 1.82) is 0 Å². The van der Waals surface area contributed by atoms with E-state index in [4.69, 9.17) is 4.74 Å². The van der Waals surface area contributed by atoms with Crippen molar-refractivity contribution in [3.63, 3.8) is 0 Å². The van der Waals surface area contributed by atoms with Crippen molar-refractivity contribution < 1.29 is 9.53 Å². The van der Waals surface area contributed by atoms with Gasteiger partial charge in [-0.1, -0.05) is 18.2 Å². The van der Waals surface area contributed by atoms with Gasteiger partial charge in [-0.2, -0.15) is 0 Å². The van der Waals surface area contributed by atoms with Crippen LogP contribution in [0.1, 0.15) is 43.7 Å². The molecule has 0 bridgehead atoms. The molecule has 0 heterocycles. The molecule has 2 aromatic carbocycles. The molecule has 2 rings (SSSR count). The highest BCUT2D eigenvalue weighted by molar-refractivity contribution is 6.11. The summed E-state index contributed by atoms with van der Waals surface area (Å²) in [4.78, 5) is 12.9. The minimum absolute atomic E-state index is 0.0649. The lowest BCUT2D eigenvalue weighted by Crippen LogP contribution is -2.09. The maximum Gasteiger partial charge on any atom is 0.193 e. The van der Waals surface area contributed by atoms with E-state index < -0.39 is 0 Å². The number of hydrogen-bond acceptors (Lipinski definition) is 2. The smallest absolute Gasteiger partial charge is 0.193 e. The molecule has 0 amide bonds. The van der Waals surface area contributed by atoms with Gasteiger partial charge >= 0.3 is 0 Å². The van der Waals surface area contributed by atoms with Crippen molar-refractivity contribution in [2.24, 2.45) is 0 Å². The molecule has 0 saturated carbocycles. The molecule has 2 heteroatoms. The fraction of sp³-hybridized carbons (Fsp3) is 0.316. The van der Waals surface area contributed by atoms with Crippen LogP contribution in [0.15, 0.2) is 24.3 Å². The van der Waals surface area contributed by atoms with Gasteiger partial charge in [-0.3, -0.25) is 4.79 Å². The van der Waals surface area contributed by atoms with Crippen LogP contribution in [0.25, 0.3) is 0 Å². The van der Waals surface area contributed by atoms with Crippen molar-refractivity contribution in [3.8, 4) is 5.75 Å². The number of ketones is 1. The fourth-order valence-corrected chi connectivity index (χ4v) is 2.66. The van der Waals surface area contributed by atoms with Crippen LogP contribution in [0.5, 0.6) is 5.75 Å². The first-order valence-electron chi connectivity index (χ1n) is 7.13. The Balaban J connectivity index is 2.60. The number of benzene rings is 2. The van der Waals surface area contributed by atoms with Crippen LogP contribution in [0, 0.1) is 34.6 Å². The summed E-state index contributed by atoms with van der Waals surface area (Å²) in [5, 5.41) is 0. The van der Waals surface area contributed by atoms with Crippen LogP contribution >= 0.6 is 0 Å². The predicted molar refractivity (Wildman–Crippen MR) is 86.6 cm³/mol. The monoisotopic (exact) mass is 282 g/mol. The van der Waals surface area contributed by atoms with Crippen LogP contribution in [0.4, 0.5) is 0 Å². The number of carbonyl (C=O) groups is 1. The van der Waals surface area contributed by atoms with E-state index in [2.05, 4.69) is 6.07 Å². The zero-order valence-electron chi connectivity index (χ0n) is 13.6. The number of methoxy groups -OCH3 is 1. The van der Waals surface area contributed by atoms with Gasteiger partial charge in [-0.05, 0) is 68.5 Å². The average molecular weight is 282 g/mol. The third-order valence-corrected chi connectivity index (χ3v) is 4.26. The summed E-state index contributed by atoms with van der Waals surface area (Å²) in [6.45, 7) is 10.1. The van der Waals surface area contributed by atoms with E-state index in [1.807, 2.05) is 52.8 Å². The molecule has 0 N–H and O–H groups in total. The van der Waals surface area contributed by atoms with Crippen molar-refractivity contribution in [2.75, 3.05) is 7.11 Å². The minimum atomic E-state index is 0.0649. The third-order valence-electron chi connectivity index (χ3n) is 4.26. The van der Waals surface area contributed by atoms with E-state index in [-0.39, 0.29) is 5.78 Å². The molecule has 0 aliphatic carbocycles. The van der Waals surface area contributed by atoms with E-state index in [0.29, 0.717) is 5.56 Å². The van der Waals surface area contributed by atoms with E-state index in [0.717, 1.165) is 39.1 Å². The molecule has 2 nitrogen and oxygen atoms in total. The normalized spacial score (nSPS) is 10.6. The van der Waals surface area contributed by atoms with E-state index >= 15 is 0 Å². The van der Waals surface area contributed by atoms with E-state index in [1.54, 1.807) is 7.11 Å². The summed E-state index contributed by atoms with van der Waals surface area (Å²) in [5.74, 6) is 0.815. The van der Waals surface area contributed by atoms with Crippen molar-refractivity contribution >= 4 is 5.78 Å². The first-order valence-corrected chi connectivity index (χ1v) is 7.13. The SMILES string of the molecule is COc1cc(C(=O)c2c(C)c(C)cc(C)c2C)ccc1C. The Kier molecular flexibility index (Phi) is 4.17. The lowest BCUT2D eigenvalue weighted by molar-refractivity contribution is 0.103. The molecule has 0 aliphatic heterocycles. The number of carbonyl (C=O) groups excluding carboxylic acids is 1. The van der Waals surface area contributed by atoms with Crippen LogP contribution < -0.4 is 4.74 Å². The van der Waals surface area contributed by atoms with Crippen LogP contribution in [-0.4, -0.2) is 12.9 Å². The third kappa shape index (κ3) is 2.71. The molecule has 0 aliphatic rings. The highest BCUT2D eigenvalue weighted by Gasteiger charge is 2.18. The molecule has 0 spiro atoms. The van der Waals surface area contributed by atoms with Crippen molar-refractivity contribution in [3.05, 3.63) is 63.2 Å². The Bertz CT molecular complexity index is 686. The number of hydrogen-bond donors (Lipinski definition) is 0. The van der Waals surface area contributed by atoms with Gasteiger partial charge in [0.25, 0.3) is 0 Å². The molecule has 2 aromatic rings. The summed E-state index contributed by atoms with van der Waals surface area (Å²) in [6, 6.07) is 7.77. The van der Waals surface area contributed by atoms with Crippen LogP contribution in [-0.2, 0) is 0 Å². The Morgan fingerprint density at radius 1 is 0.857 bits per heavy atom. The van der Waals surface area contributed by atoms with Crippen LogP contribution in [0.3, 0.4) is 0 Å². The molecule has 0 radical (unpaired) electrons. The average Bonchev–Trinajstić information content (AvgIpc) is 2.45. The van der Waals surface area contributed by atoms with Gasteiger partial charge in [0.05, 0.1) is 7.11 Å². The number of aryl methyl sites for hydroxylation is 3. The summed E-state index contributed by atoms with van der Waals surface area (Å²) >= 11 is 0. The van der Waals surface area contributed by atoms with Gasteiger partial charge in [0.15, 0.2) is 5.78 Å². The molecule has 110 valence electrons. The summed E-state index contributed by atoms with van der Waals surface area (Å²) in [7, 11) is 1.63. The van der Waals surface area contributed by atoms with Gasteiger partial charge in [-0.25, -0.2) is 0 Å². The van der Waals surface area contributed by atoms with Gasteiger partial charge in [0, 0.05) is 11.1 Å². The maximum absolute atomic E-state index is 12.9. The topological polar surface area (TPSA) is 26.3 Å². The van der Waals surface area contributed by atoms with Crippen molar-refractivity contribution in [1.82, 2.24) is 0 Å². The molecule has 0 atom stereocenters. The van der Waals surface area contributed by atoms with Crippen molar-refractivity contribution in [2.45, 2.75) is 34.6 Å². The quantitative estimate of drug-likeness (QED) is 0.776. The Morgan fingerprint density at radius 3 is 1.95 bits per heavy atom. The molecular formula is C19H22O2. The van der Waals surface area contributed by atoms with Gasteiger partial charge in [0.2, 0.25) is 0 Å². The second kappa shape index (κ2) is 5.72. The first-order chi connectivity index (χ1) is 9.86. The van der Waals surface area contributed by atoms with E-state index in [9.17, 15) is 4.79 Å². The second-order valence-corrected chi connectivity index (χ2v) is 5.65. The van der Waals surface area contributed by atoms with Gasteiger partial charge in [0.1, 0.15) is 5.75 Å². The number of rotatable bonds is 3. The molecule has 0 fully saturated rings. The molecule has 0 saturated heterocycles. The summed E-state index contributed by atoms with van der Waals surface area (Å²) < 4.78 is 5.33. The van der Waals surface area contributed by atoms with Gasteiger partial charge < -0.3 is 4.74 Å². The standard InChI is InChI=1S/C19H22O2/c1-11-7-8-16(10-17(11)21-6)19(20)18-14(4)12(2)9-13(3)15(18)5/h7-10H,1-6H3. The highest BCUT2D eigenvalue weighted by atomic mass is 16.5. The molecule has 0 unspecified atom stereocenters. The first kappa shape index (κ1) is 15.3.